The first-order chi connectivity index (χ1) is 12.6. The number of halogens is 2. The summed E-state index contributed by atoms with van der Waals surface area (Å²) in [5.74, 6) is -0.459. The molecule has 0 saturated carbocycles. The molecule has 1 saturated heterocycles. The van der Waals surface area contributed by atoms with Gasteiger partial charge in [0.05, 0.1) is 0 Å². The molecule has 6 heteroatoms. The van der Waals surface area contributed by atoms with Crippen molar-refractivity contribution >= 4 is 5.78 Å². The number of likely N-dealkylation sites (tertiary alicyclic amines) is 1. The summed E-state index contributed by atoms with van der Waals surface area (Å²) in [5.41, 5.74) is 1.33. The first-order valence-corrected chi connectivity index (χ1v) is 8.70. The number of hydrogen-bond acceptors (Lipinski definition) is 4. The average Bonchev–Trinajstić information content (AvgIpc) is 3.12. The summed E-state index contributed by atoms with van der Waals surface area (Å²) < 4.78 is 37.1. The van der Waals surface area contributed by atoms with Gasteiger partial charge in [-0.3, -0.25) is 9.69 Å². The lowest BCUT2D eigenvalue weighted by atomic mass is 9.89. The maximum absolute atomic E-state index is 13.4. The number of hydrogen-bond donors (Lipinski definition) is 0. The Morgan fingerprint density at radius 2 is 1.92 bits per heavy atom. The molecule has 0 spiro atoms. The van der Waals surface area contributed by atoms with E-state index in [0.29, 0.717) is 35.7 Å². The summed E-state index contributed by atoms with van der Waals surface area (Å²) in [6, 6.07) is 9.21. The zero-order chi connectivity index (χ0) is 18.1. The van der Waals surface area contributed by atoms with Crippen LogP contribution in [0.2, 0.25) is 0 Å². The number of nitrogens with zero attached hydrogens (tertiary/aromatic N) is 1. The van der Waals surface area contributed by atoms with E-state index in [2.05, 4.69) is 4.90 Å². The summed E-state index contributed by atoms with van der Waals surface area (Å²) in [5, 5.41) is 0. The standard InChI is InChI=1S/C20H19F2NO3/c21-16-5-3-13(8-17(16)22)10-23-7-1-2-15(11-23)20(24)14-4-6-18-19(9-14)26-12-25-18/h3-6,8-9,15H,1-2,7,10-12H2/t15-/m1/s1. The average molecular weight is 359 g/mol. The zero-order valence-corrected chi connectivity index (χ0v) is 14.2. The Bertz CT molecular complexity index is 840. The number of piperidine rings is 1. The first kappa shape index (κ1) is 17.0. The van der Waals surface area contributed by atoms with Crippen LogP contribution < -0.4 is 9.47 Å². The molecule has 0 unspecified atom stereocenters. The Kier molecular flexibility index (Phi) is 4.59. The number of fused-ring (bicyclic) bond motifs is 1. The van der Waals surface area contributed by atoms with Gasteiger partial charge in [-0.2, -0.15) is 0 Å². The Hall–Kier alpha value is -2.47. The SMILES string of the molecule is O=C(c1ccc2c(c1)OCO2)[C@@H]1CCCN(Cc2ccc(F)c(F)c2)C1. The van der Waals surface area contributed by atoms with E-state index in [1.54, 1.807) is 24.3 Å². The van der Waals surface area contributed by atoms with E-state index in [4.69, 9.17) is 9.47 Å². The summed E-state index contributed by atoms with van der Waals surface area (Å²) in [4.78, 5) is 15.0. The lowest BCUT2D eigenvalue weighted by molar-refractivity contribution is 0.0811. The van der Waals surface area contributed by atoms with E-state index >= 15 is 0 Å². The van der Waals surface area contributed by atoms with Crippen molar-refractivity contribution in [1.29, 1.82) is 0 Å². The minimum atomic E-state index is -0.844. The van der Waals surface area contributed by atoms with E-state index in [0.717, 1.165) is 25.5 Å². The molecule has 136 valence electrons. The molecule has 1 fully saturated rings. The number of carbonyl (C=O) groups is 1. The van der Waals surface area contributed by atoms with Gasteiger partial charge in [-0.05, 0) is 55.3 Å². The Balaban J connectivity index is 1.44. The minimum Gasteiger partial charge on any atom is -0.454 e. The van der Waals surface area contributed by atoms with Crippen molar-refractivity contribution in [2.24, 2.45) is 5.92 Å². The first-order valence-electron chi connectivity index (χ1n) is 8.70. The smallest absolute Gasteiger partial charge is 0.231 e. The van der Waals surface area contributed by atoms with Crippen molar-refractivity contribution in [2.45, 2.75) is 19.4 Å². The Morgan fingerprint density at radius 1 is 1.08 bits per heavy atom. The monoisotopic (exact) mass is 359 g/mol. The van der Waals surface area contributed by atoms with Crippen molar-refractivity contribution in [3.63, 3.8) is 0 Å². The van der Waals surface area contributed by atoms with Crippen LogP contribution in [0, 0.1) is 17.6 Å². The van der Waals surface area contributed by atoms with E-state index in [-0.39, 0.29) is 18.5 Å². The molecule has 2 aromatic carbocycles. The van der Waals surface area contributed by atoms with Gasteiger partial charge in [0.15, 0.2) is 28.9 Å². The Morgan fingerprint density at radius 3 is 2.77 bits per heavy atom. The van der Waals surface area contributed by atoms with E-state index < -0.39 is 11.6 Å². The largest absolute Gasteiger partial charge is 0.454 e. The van der Waals surface area contributed by atoms with E-state index in [1.807, 2.05) is 0 Å². The van der Waals surface area contributed by atoms with Crippen molar-refractivity contribution in [2.75, 3.05) is 19.9 Å². The van der Waals surface area contributed by atoms with Crippen LogP contribution >= 0.6 is 0 Å². The molecule has 26 heavy (non-hydrogen) atoms. The van der Waals surface area contributed by atoms with Crippen LogP contribution in [0.25, 0.3) is 0 Å². The lowest BCUT2D eigenvalue weighted by Crippen LogP contribution is -2.38. The quantitative estimate of drug-likeness (QED) is 0.779. The van der Waals surface area contributed by atoms with Gasteiger partial charge >= 0.3 is 0 Å². The third-order valence-corrected chi connectivity index (χ3v) is 4.92. The predicted molar refractivity (Wildman–Crippen MR) is 91.3 cm³/mol. The van der Waals surface area contributed by atoms with Crippen LogP contribution in [0.15, 0.2) is 36.4 Å². The van der Waals surface area contributed by atoms with Gasteiger partial charge in [-0.15, -0.1) is 0 Å². The third kappa shape index (κ3) is 3.42. The fraction of sp³-hybridized carbons (Fsp3) is 0.350. The number of ketones is 1. The summed E-state index contributed by atoms with van der Waals surface area (Å²) in [6.07, 6.45) is 1.71. The van der Waals surface area contributed by atoms with Crippen LogP contribution in [-0.4, -0.2) is 30.6 Å². The molecule has 0 aromatic heterocycles. The molecule has 4 nitrogen and oxygen atoms in total. The van der Waals surface area contributed by atoms with Gasteiger partial charge in [0.1, 0.15) is 0 Å². The highest BCUT2D eigenvalue weighted by Crippen LogP contribution is 2.34. The Labute approximate surface area is 150 Å². The van der Waals surface area contributed by atoms with Crippen molar-refractivity contribution in [3.8, 4) is 11.5 Å². The molecule has 1 atom stereocenters. The van der Waals surface area contributed by atoms with Gasteiger partial charge < -0.3 is 9.47 Å². The van der Waals surface area contributed by atoms with Gasteiger partial charge in [0, 0.05) is 24.6 Å². The molecule has 4 rings (SSSR count). The van der Waals surface area contributed by atoms with Gasteiger partial charge in [0.25, 0.3) is 0 Å². The van der Waals surface area contributed by atoms with Crippen molar-refractivity contribution < 1.29 is 23.0 Å². The molecule has 2 heterocycles. The number of ether oxygens (including phenoxy) is 2. The normalized spacial score (nSPS) is 19.5. The van der Waals surface area contributed by atoms with Crippen molar-refractivity contribution in [1.82, 2.24) is 4.90 Å². The molecule has 2 aromatic rings. The molecular formula is C20H19F2NO3. The van der Waals surface area contributed by atoms with Gasteiger partial charge in [-0.25, -0.2) is 8.78 Å². The van der Waals surface area contributed by atoms with E-state index in [1.165, 1.54) is 6.07 Å². The number of Topliss-reactive ketones (excluding diaryl/α,β-unsaturated/α-hetero) is 1. The highest BCUT2D eigenvalue weighted by molar-refractivity contribution is 5.98. The van der Waals surface area contributed by atoms with E-state index in [9.17, 15) is 13.6 Å². The fourth-order valence-electron chi connectivity index (χ4n) is 3.59. The van der Waals surface area contributed by atoms with Gasteiger partial charge in [-0.1, -0.05) is 6.07 Å². The molecule has 0 amide bonds. The van der Waals surface area contributed by atoms with Crippen LogP contribution in [0.1, 0.15) is 28.8 Å². The van der Waals surface area contributed by atoms with Crippen LogP contribution in [0.4, 0.5) is 8.78 Å². The second-order valence-electron chi connectivity index (χ2n) is 6.76. The second kappa shape index (κ2) is 7.03. The molecule has 0 radical (unpaired) electrons. The molecule has 2 aliphatic rings. The zero-order valence-electron chi connectivity index (χ0n) is 14.2. The summed E-state index contributed by atoms with van der Waals surface area (Å²) in [6.45, 7) is 2.12. The molecular weight excluding hydrogens is 340 g/mol. The number of rotatable bonds is 4. The predicted octanol–water partition coefficient (Wildman–Crippen LogP) is 3.79. The third-order valence-electron chi connectivity index (χ3n) is 4.92. The minimum absolute atomic E-state index is 0.0817. The van der Waals surface area contributed by atoms with Crippen molar-refractivity contribution in [3.05, 3.63) is 59.2 Å². The molecule has 2 aliphatic heterocycles. The maximum Gasteiger partial charge on any atom is 0.231 e. The van der Waals surface area contributed by atoms with Crippen LogP contribution in [-0.2, 0) is 6.54 Å². The fourth-order valence-corrected chi connectivity index (χ4v) is 3.59. The molecule has 0 N–H and O–H groups in total. The van der Waals surface area contributed by atoms with Crippen LogP contribution in [0.3, 0.4) is 0 Å². The molecule has 0 bridgehead atoms. The van der Waals surface area contributed by atoms with Gasteiger partial charge in [0.2, 0.25) is 6.79 Å². The number of carbonyl (C=O) groups excluding carboxylic acids is 1. The molecule has 0 aliphatic carbocycles. The highest BCUT2D eigenvalue weighted by Gasteiger charge is 2.28. The highest BCUT2D eigenvalue weighted by atomic mass is 19.2. The maximum atomic E-state index is 13.4. The number of benzene rings is 2. The lowest BCUT2D eigenvalue weighted by Gasteiger charge is -2.32. The summed E-state index contributed by atoms with van der Waals surface area (Å²) in [7, 11) is 0. The van der Waals surface area contributed by atoms with Crippen LogP contribution in [0.5, 0.6) is 11.5 Å². The summed E-state index contributed by atoms with van der Waals surface area (Å²) >= 11 is 0. The topological polar surface area (TPSA) is 38.8 Å². The second-order valence-corrected chi connectivity index (χ2v) is 6.76.